The van der Waals surface area contributed by atoms with Crippen LogP contribution >= 0.6 is 0 Å². The highest BCUT2D eigenvalue weighted by Crippen LogP contribution is 2.18. The van der Waals surface area contributed by atoms with E-state index in [1.54, 1.807) is 7.11 Å². The van der Waals surface area contributed by atoms with Crippen molar-refractivity contribution in [2.45, 2.75) is 13.0 Å². The smallest absolute Gasteiger partial charge is 0.319 e. The SMILES string of the molecule is COC(=O)CNC(C)c1cccc(OC)c1. The average molecular weight is 223 g/mol. The molecule has 1 aromatic carbocycles. The van der Waals surface area contributed by atoms with Gasteiger partial charge in [0.25, 0.3) is 0 Å². The molecule has 0 aliphatic carbocycles. The van der Waals surface area contributed by atoms with Crippen LogP contribution in [0.3, 0.4) is 0 Å². The van der Waals surface area contributed by atoms with Crippen LogP contribution in [-0.2, 0) is 9.53 Å². The predicted octanol–water partition coefficient (Wildman–Crippen LogP) is 1.52. The number of hydrogen-bond acceptors (Lipinski definition) is 4. The van der Waals surface area contributed by atoms with E-state index in [-0.39, 0.29) is 18.6 Å². The van der Waals surface area contributed by atoms with Crippen molar-refractivity contribution in [2.75, 3.05) is 20.8 Å². The van der Waals surface area contributed by atoms with Gasteiger partial charge in [-0.05, 0) is 24.6 Å². The Bertz CT molecular complexity index is 352. The van der Waals surface area contributed by atoms with Crippen LogP contribution in [0.4, 0.5) is 0 Å². The van der Waals surface area contributed by atoms with E-state index in [9.17, 15) is 4.79 Å². The van der Waals surface area contributed by atoms with Crippen LogP contribution in [0.15, 0.2) is 24.3 Å². The first-order valence-electron chi connectivity index (χ1n) is 5.11. The molecule has 0 amide bonds. The molecular formula is C12H17NO3. The van der Waals surface area contributed by atoms with Gasteiger partial charge < -0.3 is 14.8 Å². The number of hydrogen-bond donors (Lipinski definition) is 1. The van der Waals surface area contributed by atoms with Crippen LogP contribution in [0, 0.1) is 0 Å². The van der Waals surface area contributed by atoms with Gasteiger partial charge in [-0.3, -0.25) is 4.79 Å². The number of carbonyl (C=O) groups excluding carboxylic acids is 1. The topological polar surface area (TPSA) is 47.6 Å². The number of ether oxygens (including phenoxy) is 2. The maximum absolute atomic E-state index is 11.0. The Balaban J connectivity index is 2.58. The second-order valence-electron chi connectivity index (χ2n) is 3.46. The lowest BCUT2D eigenvalue weighted by atomic mass is 10.1. The van der Waals surface area contributed by atoms with Gasteiger partial charge >= 0.3 is 5.97 Å². The number of benzene rings is 1. The first kappa shape index (κ1) is 12.5. The van der Waals surface area contributed by atoms with Gasteiger partial charge in [-0.15, -0.1) is 0 Å². The molecule has 4 nitrogen and oxygen atoms in total. The Kier molecular flexibility index (Phi) is 4.79. The Morgan fingerprint density at radius 1 is 1.44 bits per heavy atom. The zero-order valence-electron chi connectivity index (χ0n) is 9.82. The van der Waals surface area contributed by atoms with Crippen molar-refractivity contribution in [3.05, 3.63) is 29.8 Å². The molecule has 1 unspecified atom stereocenters. The van der Waals surface area contributed by atoms with Crippen LogP contribution in [0.5, 0.6) is 5.75 Å². The van der Waals surface area contributed by atoms with E-state index in [1.165, 1.54) is 7.11 Å². The molecule has 0 bridgehead atoms. The number of carbonyl (C=O) groups is 1. The molecule has 0 aliphatic rings. The fourth-order valence-corrected chi connectivity index (χ4v) is 1.34. The minimum Gasteiger partial charge on any atom is -0.497 e. The monoisotopic (exact) mass is 223 g/mol. The van der Waals surface area contributed by atoms with E-state index in [2.05, 4.69) is 10.1 Å². The molecule has 1 rings (SSSR count). The molecule has 16 heavy (non-hydrogen) atoms. The molecule has 1 aromatic rings. The zero-order chi connectivity index (χ0) is 12.0. The van der Waals surface area contributed by atoms with E-state index in [0.29, 0.717) is 0 Å². The molecule has 88 valence electrons. The molecule has 0 radical (unpaired) electrons. The number of nitrogens with one attached hydrogen (secondary N) is 1. The van der Waals surface area contributed by atoms with Gasteiger partial charge in [0.05, 0.1) is 20.8 Å². The highest BCUT2D eigenvalue weighted by molar-refractivity contribution is 5.71. The lowest BCUT2D eigenvalue weighted by Gasteiger charge is -2.14. The summed E-state index contributed by atoms with van der Waals surface area (Å²) in [5.74, 6) is 0.541. The second kappa shape index (κ2) is 6.12. The van der Waals surface area contributed by atoms with Gasteiger partial charge in [0.2, 0.25) is 0 Å². The van der Waals surface area contributed by atoms with E-state index < -0.39 is 0 Å². The number of esters is 1. The molecule has 4 heteroatoms. The van der Waals surface area contributed by atoms with Crippen molar-refractivity contribution in [3.8, 4) is 5.75 Å². The molecule has 0 aliphatic heterocycles. The van der Waals surface area contributed by atoms with E-state index in [1.807, 2.05) is 31.2 Å². The van der Waals surface area contributed by atoms with E-state index in [0.717, 1.165) is 11.3 Å². The molecule has 0 heterocycles. The van der Waals surface area contributed by atoms with Gasteiger partial charge in [0.15, 0.2) is 0 Å². The minimum absolute atomic E-state index is 0.0780. The Morgan fingerprint density at radius 3 is 2.81 bits per heavy atom. The summed E-state index contributed by atoms with van der Waals surface area (Å²) in [4.78, 5) is 11.0. The normalized spacial score (nSPS) is 11.9. The fourth-order valence-electron chi connectivity index (χ4n) is 1.34. The number of rotatable bonds is 5. The molecule has 1 N–H and O–H groups in total. The second-order valence-corrected chi connectivity index (χ2v) is 3.46. The fraction of sp³-hybridized carbons (Fsp3) is 0.417. The van der Waals surface area contributed by atoms with Crippen LogP contribution in [0.1, 0.15) is 18.5 Å². The zero-order valence-corrected chi connectivity index (χ0v) is 9.82. The summed E-state index contributed by atoms with van der Waals surface area (Å²) in [6, 6.07) is 7.81. The molecule has 0 aromatic heterocycles. The first-order chi connectivity index (χ1) is 7.67. The van der Waals surface area contributed by atoms with Gasteiger partial charge in [-0.2, -0.15) is 0 Å². The van der Waals surface area contributed by atoms with Gasteiger partial charge in [0.1, 0.15) is 5.75 Å². The summed E-state index contributed by atoms with van der Waals surface area (Å²) >= 11 is 0. The van der Waals surface area contributed by atoms with E-state index in [4.69, 9.17) is 4.74 Å². The third-order valence-corrected chi connectivity index (χ3v) is 2.37. The first-order valence-corrected chi connectivity index (χ1v) is 5.11. The third kappa shape index (κ3) is 3.55. The Morgan fingerprint density at radius 2 is 2.19 bits per heavy atom. The maximum Gasteiger partial charge on any atom is 0.319 e. The standard InChI is InChI=1S/C12H17NO3/c1-9(13-8-12(14)16-3)10-5-4-6-11(7-10)15-2/h4-7,9,13H,8H2,1-3H3. The molecule has 0 fully saturated rings. The summed E-state index contributed by atoms with van der Waals surface area (Å²) in [7, 11) is 3.01. The van der Waals surface area contributed by atoms with Crippen molar-refractivity contribution >= 4 is 5.97 Å². The highest BCUT2D eigenvalue weighted by Gasteiger charge is 2.08. The highest BCUT2D eigenvalue weighted by atomic mass is 16.5. The average Bonchev–Trinajstić information content (AvgIpc) is 2.35. The lowest BCUT2D eigenvalue weighted by Crippen LogP contribution is -2.26. The van der Waals surface area contributed by atoms with Crippen LogP contribution in [0.2, 0.25) is 0 Å². The molecular weight excluding hydrogens is 206 g/mol. The van der Waals surface area contributed by atoms with Gasteiger partial charge in [-0.1, -0.05) is 12.1 Å². The van der Waals surface area contributed by atoms with E-state index >= 15 is 0 Å². The Labute approximate surface area is 95.6 Å². The minimum atomic E-state index is -0.269. The Hall–Kier alpha value is -1.55. The van der Waals surface area contributed by atoms with Crippen molar-refractivity contribution < 1.29 is 14.3 Å². The van der Waals surface area contributed by atoms with Crippen molar-refractivity contribution in [3.63, 3.8) is 0 Å². The van der Waals surface area contributed by atoms with Gasteiger partial charge in [-0.25, -0.2) is 0 Å². The summed E-state index contributed by atoms with van der Waals surface area (Å²) < 4.78 is 9.69. The van der Waals surface area contributed by atoms with Crippen molar-refractivity contribution in [1.29, 1.82) is 0 Å². The van der Waals surface area contributed by atoms with Gasteiger partial charge in [0, 0.05) is 6.04 Å². The predicted molar refractivity (Wildman–Crippen MR) is 61.4 cm³/mol. The molecule has 0 saturated carbocycles. The molecule has 0 saturated heterocycles. The lowest BCUT2D eigenvalue weighted by molar-refractivity contribution is -0.139. The summed E-state index contributed by atoms with van der Waals surface area (Å²) in [5, 5.41) is 3.07. The summed E-state index contributed by atoms with van der Waals surface area (Å²) in [6.07, 6.45) is 0. The maximum atomic E-state index is 11.0. The van der Waals surface area contributed by atoms with Crippen LogP contribution in [0.25, 0.3) is 0 Å². The van der Waals surface area contributed by atoms with Crippen molar-refractivity contribution in [2.24, 2.45) is 0 Å². The number of methoxy groups -OCH3 is 2. The van der Waals surface area contributed by atoms with Crippen LogP contribution in [-0.4, -0.2) is 26.7 Å². The largest absolute Gasteiger partial charge is 0.497 e. The third-order valence-electron chi connectivity index (χ3n) is 2.37. The molecule has 1 atom stereocenters. The quantitative estimate of drug-likeness (QED) is 0.769. The summed E-state index contributed by atoms with van der Waals surface area (Å²) in [5.41, 5.74) is 1.07. The van der Waals surface area contributed by atoms with Crippen LogP contribution < -0.4 is 10.1 Å². The molecule has 0 spiro atoms. The summed E-state index contributed by atoms with van der Waals surface area (Å²) in [6.45, 7) is 2.19. The van der Waals surface area contributed by atoms with Crippen molar-refractivity contribution in [1.82, 2.24) is 5.32 Å².